The lowest BCUT2D eigenvalue weighted by Crippen LogP contribution is -2.43. The highest BCUT2D eigenvalue weighted by atomic mass is 32.1. The van der Waals surface area contributed by atoms with Crippen molar-refractivity contribution in [3.05, 3.63) is 46.4 Å². The van der Waals surface area contributed by atoms with Crippen molar-refractivity contribution in [3.63, 3.8) is 0 Å². The molecule has 22 heavy (non-hydrogen) atoms. The molecule has 1 heterocycles. The molecule has 0 radical (unpaired) electrons. The van der Waals surface area contributed by atoms with Gasteiger partial charge in [-0.3, -0.25) is 0 Å². The van der Waals surface area contributed by atoms with Crippen molar-refractivity contribution in [2.75, 3.05) is 13.2 Å². The van der Waals surface area contributed by atoms with Crippen molar-refractivity contribution in [2.24, 2.45) is 0 Å². The summed E-state index contributed by atoms with van der Waals surface area (Å²) < 4.78 is 5.66. The molecule has 0 aliphatic rings. The Kier molecular flexibility index (Phi) is 6.21. The first-order chi connectivity index (χ1) is 10.6. The van der Waals surface area contributed by atoms with E-state index < -0.39 is 0 Å². The summed E-state index contributed by atoms with van der Waals surface area (Å²) in [6.45, 7) is 4.93. The Balaban J connectivity index is 1.63. The SMILES string of the molecule is Cc1cccc(OC[C@H](C)NC(=O)NCCc2cscn2)c1. The molecular formula is C16H21N3O2S. The summed E-state index contributed by atoms with van der Waals surface area (Å²) in [5, 5.41) is 7.65. The van der Waals surface area contributed by atoms with Gasteiger partial charge in [0.2, 0.25) is 0 Å². The van der Waals surface area contributed by atoms with Gasteiger partial charge in [0.1, 0.15) is 12.4 Å². The summed E-state index contributed by atoms with van der Waals surface area (Å²) in [5.41, 5.74) is 3.94. The number of nitrogens with one attached hydrogen (secondary N) is 2. The van der Waals surface area contributed by atoms with Gasteiger partial charge in [-0.25, -0.2) is 9.78 Å². The number of amides is 2. The Morgan fingerprint density at radius 2 is 2.32 bits per heavy atom. The van der Waals surface area contributed by atoms with Gasteiger partial charge in [-0.05, 0) is 31.5 Å². The predicted octanol–water partition coefficient (Wildman–Crippen LogP) is 2.76. The Hall–Kier alpha value is -2.08. The topological polar surface area (TPSA) is 63.2 Å². The second-order valence-electron chi connectivity index (χ2n) is 5.16. The lowest BCUT2D eigenvalue weighted by molar-refractivity contribution is 0.226. The maximum absolute atomic E-state index is 11.8. The van der Waals surface area contributed by atoms with Crippen LogP contribution in [0.3, 0.4) is 0 Å². The number of rotatable bonds is 7. The summed E-state index contributed by atoms with van der Waals surface area (Å²) in [6, 6.07) is 7.60. The molecule has 5 nitrogen and oxygen atoms in total. The summed E-state index contributed by atoms with van der Waals surface area (Å²) in [4.78, 5) is 15.9. The molecule has 0 unspecified atom stereocenters. The van der Waals surface area contributed by atoms with Gasteiger partial charge in [0.15, 0.2) is 0 Å². The molecule has 0 aliphatic heterocycles. The van der Waals surface area contributed by atoms with Crippen LogP contribution in [-0.4, -0.2) is 30.2 Å². The van der Waals surface area contributed by atoms with Gasteiger partial charge in [0.05, 0.1) is 17.2 Å². The molecule has 2 rings (SSSR count). The first-order valence-electron chi connectivity index (χ1n) is 7.24. The van der Waals surface area contributed by atoms with E-state index in [1.807, 2.05) is 43.5 Å². The summed E-state index contributed by atoms with van der Waals surface area (Å²) in [7, 11) is 0. The number of nitrogens with zero attached hydrogens (tertiary/aromatic N) is 1. The van der Waals surface area contributed by atoms with Crippen LogP contribution in [0.15, 0.2) is 35.2 Å². The fourth-order valence-electron chi connectivity index (χ4n) is 1.91. The number of aryl methyl sites for hydroxylation is 1. The van der Waals surface area contributed by atoms with Gasteiger partial charge in [-0.2, -0.15) is 0 Å². The average molecular weight is 319 g/mol. The molecule has 0 saturated carbocycles. The summed E-state index contributed by atoms with van der Waals surface area (Å²) in [6.07, 6.45) is 0.741. The monoisotopic (exact) mass is 319 g/mol. The Morgan fingerprint density at radius 1 is 1.45 bits per heavy atom. The Labute approximate surface area is 134 Å². The Morgan fingerprint density at radius 3 is 3.05 bits per heavy atom. The van der Waals surface area contributed by atoms with E-state index in [0.29, 0.717) is 13.2 Å². The van der Waals surface area contributed by atoms with Gasteiger partial charge >= 0.3 is 6.03 Å². The quantitative estimate of drug-likeness (QED) is 0.825. The molecule has 0 aliphatic carbocycles. The highest BCUT2D eigenvalue weighted by Crippen LogP contribution is 2.12. The molecule has 2 amide bonds. The van der Waals surface area contributed by atoms with E-state index in [1.165, 1.54) is 0 Å². The van der Waals surface area contributed by atoms with E-state index in [1.54, 1.807) is 16.8 Å². The van der Waals surface area contributed by atoms with Crippen LogP contribution in [0.4, 0.5) is 4.79 Å². The summed E-state index contributed by atoms with van der Waals surface area (Å²) in [5.74, 6) is 0.817. The van der Waals surface area contributed by atoms with Crippen LogP contribution in [-0.2, 0) is 6.42 Å². The van der Waals surface area contributed by atoms with Crippen LogP contribution in [0.5, 0.6) is 5.75 Å². The van der Waals surface area contributed by atoms with E-state index in [9.17, 15) is 4.79 Å². The number of hydrogen-bond donors (Lipinski definition) is 2. The van der Waals surface area contributed by atoms with Crippen LogP contribution in [0, 0.1) is 6.92 Å². The van der Waals surface area contributed by atoms with Gasteiger partial charge in [0, 0.05) is 18.3 Å². The lowest BCUT2D eigenvalue weighted by Gasteiger charge is -2.15. The molecule has 0 spiro atoms. The van der Waals surface area contributed by atoms with Crippen LogP contribution < -0.4 is 15.4 Å². The van der Waals surface area contributed by atoms with E-state index in [0.717, 1.165) is 23.4 Å². The number of thiazole rings is 1. The fourth-order valence-corrected chi connectivity index (χ4v) is 2.50. The third kappa shape index (κ3) is 5.73. The smallest absolute Gasteiger partial charge is 0.315 e. The number of carbonyl (C=O) groups is 1. The molecule has 1 aromatic carbocycles. The van der Waals surface area contributed by atoms with Crippen molar-refractivity contribution in [1.82, 2.24) is 15.6 Å². The third-order valence-electron chi connectivity index (χ3n) is 3.02. The van der Waals surface area contributed by atoms with Gasteiger partial charge in [-0.1, -0.05) is 12.1 Å². The first-order valence-corrected chi connectivity index (χ1v) is 8.18. The van der Waals surface area contributed by atoms with E-state index in [4.69, 9.17) is 4.74 Å². The molecule has 2 aromatic rings. The second kappa shape index (κ2) is 8.38. The Bertz CT molecular complexity index is 587. The molecule has 0 saturated heterocycles. The van der Waals surface area contributed by atoms with Crippen molar-refractivity contribution < 1.29 is 9.53 Å². The minimum Gasteiger partial charge on any atom is -0.491 e. The molecule has 0 fully saturated rings. The van der Waals surface area contributed by atoms with Crippen LogP contribution in [0.25, 0.3) is 0 Å². The van der Waals surface area contributed by atoms with Crippen LogP contribution in [0.2, 0.25) is 0 Å². The lowest BCUT2D eigenvalue weighted by atomic mass is 10.2. The number of carbonyl (C=O) groups excluding carboxylic acids is 1. The van der Waals surface area contributed by atoms with Crippen molar-refractivity contribution in [2.45, 2.75) is 26.3 Å². The number of urea groups is 1. The molecule has 6 heteroatoms. The predicted molar refractivity (Wildman–Crippen MR) is 88.5 cm³/mol. The molecule has 0 bridgehead atoms. The van der Waals surface area contributed by atoms with Gasteiger partial charge in [-0.15, -0.1) is 11.3 Å². The number of benzene rings is 1. The normalized spacial score (nSPS) is 11.7. The first kappa shape index (κ1) is 16.3. The minimum absolute atomic E-state index is 0.0696. The standard InChI is InChI=1S/C16H21N3O2S/c1-12-4-3-5-15(8-12)21-9-13(2)19-16(20)17-7-6-14-10-22-11-18-14/h3-5,8,10-11,13H,6-7,9H2,1-2H3,(H2,17,19,20)/t13-/m0/s1. The van der Waals surface area contributed by atoms with E-state index in [-0.39, 0.29) is 12.1 Å². The number of hydrogen-bond acceptors (Lipinski definition) is 4. The second-order valence-corrected chi connectivity index (χ2v) is 5.88. The van der Waals surface area contributed by atoms with Crippen molar-refractivity contribution >= 4 is 17.4 Å². The molecule has 2 N–H and O–H groups in total. The third-order valence-corrected chi connectivity index (χ3v) is 3.65. The van der Waals surface area contributed by atoms with Crippen molar-refractivity contribution in [3.8, 4) is 5.75 Å². The fraction of sp³-hybridized carbons (Fsp3) is 0.375. The van der Waals surface area contributed by atoms with E-state index >= 15 is 0 Å². The highest BCUT2D eigenvalue weighted by molar-refractivity contribution is 7.07. The molecule has 1 aromatic heterocycles. The maximum Gasteiger partial charge on any atom is 0.315 e. The molecular weight excluding hydrogens is 298 g/mol. The zero-order valence-electron chi connectivity index (χ0n) is 12.8. The highest BCUT2D eigenvalue weighted by Gasteiger charge is 2.07. The number of ether oxygens (including phenoxy) is 1. The molecule has 118 valence electrons. The van der Waals surface area contributed by atoms with Gasteiger partial charge in [0.25, 0.3) is 0 Å². The molecule has 1 atom stereocenters. The number of aromatic nitrogens is 1. The van der Waals surface area contributed by atoms with E-state index in [2.05, 4.69) is 15.6 Å². The van der Waals surface area contributed by atoms with Crippen LogP contribution in [0.1, 0.15) is 18.2 Å². The minimum atomic E-state index is -0.185. The van der Waals surface area contributed by atoms with Gasteiger partial charge < -0.3 is 15.4 Å². The summed E-state index contributed by atoms with van der Waals surface area (Å²) >= 11 is 1.56. The average Bonchev–Trinajstić information content (AvgIpc) is 2.98. The zero-order valence-corrected chi connectivity index (χ0v) is 13.7. The van der Waals surface area contributed by atoms with Crippen LogP contribution >= 0.6 is 11.3 Å². The largest absolute Gasteiger partial charge is 0.491 e. The van der Waals surface area contributed by atoms with Crippen molar-refractivity contribution in [1.29, 1.82) is 0 Å². The zero-order chi connectivity index (χ0) is 15.8. The maximum atomic E-state index is 11.8.